The Labute approximate surface area is 82.0 Å². The summed E-state index contributed by atoms with van der Waals surface area (Å²) < 4.78 is 1.78. The molecule has 2 rings (SSSR count). The molecule has 1 fully saturated rings. The van der Waals surface area contributed by atoms with E-state index in [-0.39, 0.29) is 5.54 Å². The summed E-state index contributed by atoms with van der Waals surface area (Å²) >= 11 is 0. The van der Waals surface area contributed by atoms with Gasteiger partial charge in [-0.05, 0) is 12.8 Å². The maximum Gasteiger partial charge on any atom is 0.235 e. The van der Waals surface area contributed by atoms with E-state index >= 15 is 0 Å². The number of isocyanates is 1. The van der Waals surface area contributed by atoms with E-state index in [1.54, 1.807) is 23.0 Å². The second kappa shape index (κ2) is 3.24. The first-order chi connectivity index (χ1) is 6.80. The molecule has 0 radical (unpaired) electrons. The SMILES string of the molecule is C=CCn1cc(C2(N=C=O)CC2)cn1. The summed E-state index contributed by atoms with van der Waals surface area (Å²) in [6.45, 7) is 4.31. The molecular weight excluding hydrogens is 178 g/mol. The van der Waals surface area contributed by atoms with Crippen LogP contribution in [-0.4, -0.2) is 15.9 Å². The molecule has 0 aromatic carbocycles. The van der Waals surface area contributed by atoms with Crippen LogP contribution in [0.3, 0.4) is 0 Å². The van der Waals surface area contributed by atoms with Crippen molar-refractivity contribution in [2.45, 2.75) is 24.9 Å². The van der Waals surface area contributed by atoms with Crippen LogP contribution in [0.15, 0.2) is 30.0 Å². The van der Waals surface area contributed by atoms with Crippen LogP contribution in [0, 0.1) is 0 Å². The Kier molecular flexibility index (Phi) is 2.06. The highest BCUT2D eigenvalue weighted by atomic mass is 16.1. The number of hydrogen-bond donors (Lipinski definition) is 0. The molecule has 0 amide bonds. The van der Waals surface area contributed by atoms with E-state index in [2.05, 4.69) is 16.7 Å². The number of carbonyl (C=O) groups excluding carboxylic acids is 1. The van der Waals surface area contributed by atoms with Gasteiger partial charge in [0.15, 0.2) is 0 Å². The largest absolute Gasteiger partial charge is 0.269 e. The van der Waals surface area contributed by atoms with Crippen LogP contribution in [0.5, 0.6) is 0 Å². The second-order valence-corrected chi connectivity index (χ2v) is 3.47. The Balaban J connectivity index is 2.24. The molecule has 1 saturated carbocycles. The highest BCUT2D eigenvalue weighted by molar-refractivity contribution is 5.40. The minimum absolute atomic E-state index is 0.304. The zero-order valence-corrected chi connectivity index (χ0v) is 7.81. The van der Waals surface area contributed by atoms with Gasteiger partial charge in [-0.15, -0.1) is 6.58 Å². The van der Waals surface area contributed by atoms with Crippen molar-refractivity contribution in [3.05, 3.63) is 30.6 Å². The lowest BCUT2D eigenvalue weighted by molar-refractivity contribution is 0.556. The normalized spacial score (nSPS) is 17.1. The molecule has 4 heteroatoms. The van der Waals surface area contributed by atoms with Crippen LogP contribution in [0.25, 0.3) is 0 Å². The van der Waals surface area contributed by atoms with Crippen molar-refractivity contribution >= 4 is 6.08 Å². The molecule has 1 heterocycles. The topological polar surface area (TPSA) is 47.2 Å². The van der Waals surface area contributed by atoms with Crippen molar-refractivity contribution in [1.82, 2.24) is 9.78 Å². The van der Waals surface area contributed by atoms with Crippen LogP contribution in [0.1, 0.15) is 18.4 Å². The van der Waals surface area contributed by atoms with Crippen molar-refractivity contribution in [1.29, 1.82) is 0 Å². The van der Waals surface area contributed by atoms with Crippen molar-refractivity contribution in [3.8, 4) is 0 Å². The molecule has 0 saturated heterocycles. The quantitative estimate of drug-likeness (QED) is 0.408. The fourth-order valence-corrected chi connectivity index (χ4v) is 1.51. The highest BCUT2D eigenvalue weighted by Crippen LogP contribution is 2.48. The lowest BCUT2D eigenvalue weighted by Crippen LogP contribution is -2.00. The molecular formula is C10H11N3O. The molecule has 0 bridgehead atoms. The molecule has 14 heavy (non-hydrogen) atoms. The minimum Gasteiger partial charge on any atom is -0.269 e. The van der Waals surface area contributed by atoms with Crippen LogP contribution in [0.4, 0.5) is 0 Å². The predicted molar refractivity (Wildman–Crippen MR) is 51.5 cm³/mol. The highest BCUT2D eigenvalue weighted by Gasteiger charge is 2.45. The van der Waals surface area contributed by atoms with Crippen molar-refractivity contribution in [2.75, 3.05) is 0 Å². The summed E-state index contributed by atoms with van der Waals surface area (Å²) in [4.78, 5) is 14.1. The standard InChI is InChI=1S/C10H11N3O/c1-2-5-13-7-9(6-12-13)10(3-4-10)11-8-14/h2,6-7H,1,3-5H2. The van der Waals surface area contributed by atoms with Gasteiger partial charge in [-0.2, -0.15) is 10.1 Å². The summed E-state index contributed by atoms with van der Waals surface area (Å²) in [5.41, 5.74) is 0.698. The number of aliphatic imine (C=N–C) groups is 1. The smallest absolute Gasteiger partial charge is 0.235 e. The number of allylic oxidation sites excluding steroid dienone is 1. The van der Waals surface area contributed by atoms with Crippen LogP contribution in [0.2, 0.25) is 0 Å². The van der Waals surface area contributed by atoms with E-state index < -0.39 is 0 Å². The van der Waals surface area contributed by atoms with Gasteiger partial charge in [0.25, 0.3) is 0 Å². The maximum absolute atomic E-state index is 10.2. The summed E-state index contributed by atoms with van der Waals surface area (Å²) in [6.07, 6.45) is 8.92. The Morgan fingerprint density at radius 2 is 2.57 bits per heavy atom. The Morgan fingerprint density at radius 1 is 1.79 bits per heavy atom. The van der Waals surface area contributed by atoms with Gasteiger partial charge in [-0.3, -0.25) is 4.68 Å². The Bertz CT molecular complexity index is 397. The second-order valence-electron chi connectivity index (χ2n) is 3.47. The predicted octanol–water partition coefficient (Wildman–Crippen LogP) is 1.39. The maximum atomic E-state index is 10.2. The third kappa shape index (κ3) is 1.40. The molecule has 1 aromatic rings. The monoisotopic (exact) mass is 189 g/mol. The molecule has 1 aliphatic carbocycles. The van der Waals surface area contributed by atoms with Gasteiger partial charge < -0.3 is 0 Å². The van der Waals surface area contributed by atoms with Gasteiger partial charge in [0.2, 0.25) is 6.08 Å². The summed E-state index contributed by atoms with van der Waals surface area (Å²) in [5, 5.41) is 4.15. The molecule has 0 N–H and O–H groups in total. The molecule has 4 nitrogen and oxygen atoms in total. The molecule has 0 aliphatic heterocycles. The van der Waals surface area contributed by atoms with E-state index in [0.29, 0.717) is 6.54 Å². The first-order valence-electron chi connectivity index (χ1n) is 4.53. The fourth-order valence-electron chi connectivity index (χ4n) is 1.51. The number of hydrogen-bond acceptors (Lipinski definition) is 3. The summed E-state index contributed by atoms with van der Waals surface area (Å²) in [5.74, 6) is 0. The fraction of sp³-hybridized carbons (Fsp3) is 0.400. The lowest BCUT2D eigenvalue weighted by atomic mass is 10.1. The third-order valence-corrected chi connectivity index (χ3v) is 2.47. The number of rotatable bonds is 4. The summed E-state index contributed by atoms with van der Waals surface area (Å²) in [6, 6.07) is 0. The van der Waals surface area contributed by atoms with Crippen molar-refractivity contribution in [3.63, 3.8) is 0 Å². The van der Waals surface area contributed by atoms with Gasteiger partial charge in [-0.25, -0.2) is 4.79 Å². The number of nitrogens with zero attached hydrogens (tertiary/aromatic N) is 3. The molecule has 1 aliphatic rings. The summed E-state index contributed by atoms with van der Waals surface area (Å²) in [7, 11) is 0. The van der Waals surface area contributed by atoms with E-state index in [9.17, 15) is 4.79 Å². The molecule has 1 aromatic heterocycles. The van der Waals surface area contributed by atoms with E-state index in [1.165, 1.54) is 0 Å². The van der Waals surface area contributed by atoms with Gasteiger partial charge >= 0.3 is 0 Å². The van der Waals surface area contributed by atoms with Gasteiger partial charge in [0.05, 0.1) is 12.7 Å². The molecule has 0 atom stereocenters. The van der Waals surface area contributed by atoms with E-state index in [0.717, 1.165) is 18.4 Å². The van der Waals surface area contributed by atoms with Crippen molar-refractivity contribution in [2.24, 2.45) is 4.99 Å². The third-order valence-electron chi connectivity index (χ3n) is 2.47. The van der Waals surface area contributed by atoms with E-state index in [4.69, 9.17) is 0 Å². The molecule has 0 unspecified atom stereocenters. The van der Waals surface area contributed by atoms with E-state index in [1.807, 2.05) is 6.20 Å². The Hall–Kier alpha value is -1.67. The van der Waals surface area contributed by atoms with Gasteiger partial charge in [0.1, 0.15) is 5.54 Å². The first-order valence-corrected chi connectivity index (χ1v) is 4.53. The minimum atomic E-state index is -0.304. The average Bonchev–Trinajstić information content (AvgIpc) is 2.79. The Morgan fingerprint density at radius 3 is 3.14 bits per heavy atom. The van der Waals surface area contributed by atoms with Gasteiger partial charge in [-0.1, -0.05) is 6.08 Å². The van der Waals surface area contributed by atoms with Gasteiger partial charge in [0, 0.05) is 11.8 Å². The van der Waals surface area contributed by atoms with Crippen LogP contribution < -0.4 is 0 Å². The zero-order chi connectivity index (χ0) is 10.0. The molecule has 0 spiro atoms. The van der Waals surface area contributed by atoms with Crippen LogP contribution in [-0.2, 0) is 16.9 Å². The average molecular weight is 189 g/mol. The van der Waals surface area contributed by atoms with Crippen molar-refractivity contribution < 1.29 is 4.79 Å². The lowest BCUT2D eigenvalue weighted by Gasteiger charge is -2.01. The van der Waals surface area contributed by atoms with Crippen LogP contribution >= 0.6 is 0 Å². The first kappa shape index (κ1) is 8.91. The zero-order valence-electron chi connectivity index (χ0n) is 7.81. The molecule has 72 valence electrons. The number of aromatic nitrogens is 2.